The summed E-state index contributed by atoms with van der Waals surface area (Å²) in [5, 5.41) is 13.3. The Labute approximate surface area is 106 Å². The number of benzene rings is 1. The summed E-state index contributed by atoms with van der Waals surface area (Å²) in [5.41, 5.74) is 0.588. The van der Waals surface area contributed by atoms with Crippen LogP contribution in [0.2, 0.25) is 0 Å². The van der Waals surface area contributed by atoms with E-state index in [1.807, 2.05) is 32.0 Å². The minimum atomic E-state index is -0.629. The predicted octanol–water partition coefficient (Wildman–Crippen LogP) is 3.26. The van der Waals surface area contributed by atoms with Crippen LogP contribution in [0, 0.1) is 0 Å². The summed E-state index contributed by atoms with van der Waals surface area (Å²) >= 11 is 3.53. The summed E-state index contributed by atoms with van der Waals surface area (Å²) in [6, 6.07) is 8.38. The van der Waals surface area contributed by atoms with Gasteiger partial charge in [-0.25, -0.2) is 0 Å². The molecule has 90 valence electrons. The summed E-state index contributed by atoms with van der Waals surface area (Å²) in [7, 11) is 0. The van der Waals surface area contributed by atoms with Gasteiger partial charge < -0.3 is 10.4 Å². The maximum Gasteiger partial charge on any atom is 0.0741 e. The average molecular weight is 286 g/mol. The van der Waals surface area contributed by atoms with E-state index in [-0.39, 0.29) is 6.04 Å². The fourth-order valence-corrected chi connectivity index (χ4v) is 2.06. The van der Waals surface area contributed by atoms with Crippen LogP contribution in [-0.2, 0) is 0 Å². The van der Waals surface area contributed by atoms with Crippen molar-refractivity contribution >= 4 is 15.9 Å². The van der Waals surface area contributed by atoms with Crippen LogP contribution >= 0.6 is 15.9 Å². The van der Waals surface area contributed by atoms with E-state index in [9.17, 15) is 5.11 Å². The molecule has 0 spiro atoms. The van der Waals surface area contributed by atoms with Gasteiger partial charge in [-0.2, -0.15) is 0 Å². The van der Waals surface area contributed by atoms with Crippen molar-refractivity contribution in [2.75, 3.05) is 6.54 Å². The third-order valence-corrected chi connectivity index (χ3v) is 3.64. The first kappa shape index (κ1) is 13.7. The van der Waals surface area contributed by atoms with E-state index < -0.39 is 5.60 Å². The molecular weight excluding hydrogens is 266 g/mol. The molecule has 0 aliphatic rings. The van der Waals surface area contributed by atoms with Crippen LogP contribution in [0.4, 0.5) is 0 Å². The van der Waals surface area contributed by atoms with Gasteiger partial charge in [0.15, 0.2) is 0 Å². The van der Waals surface area contributed by atoms with Crippen molar-refractivity contribution in [3.63, 3.8) is 0 Å². The standard InChI is InChI=1S/C13H20BrNO/c1-4-13(3,16)9-15-10(2)11-7-5-6-8-12(11)14/h5-8,10,15-16H,4,9H2,1-3H3/t10-,13?/m1/s1. The van der Waals surface area contributed by atoms with E-state index in [1.165, 1.54) is 5.56 Å². The smallest absolute Gasteiger partial charge is 0.0741 e. The Morgan fingerprint density at radius 2 is 2.06 bits per heavy atom. The number of rotatable bonds is 5. The molecule has 0 fully saturated rings. The molecule has 0 saturated carbocycles. The predicted molar refractivity (Wildman–Crippen MR) is 71.5 cm³/mol. The minimum Gasteiger partial charge on any atom is -0.389 e. The average Bonchev–Trinajstić information content (AvgIpc) is 2.27. The molecule has 1 aromatic carbocycles. The van der Waals surface area contributed by atoms with Crippen molar-refractivity contribution in [2.45, 2.75) is 38.8 Å². The Balaban J connectivity index is 2.60. The van der Waals surface area contributed by atoms with Crippen LogP contribution in [0.15, 0.2) is 28.7 Å². The maximum absolute atomic E-state index is 9.91. The molecule has 1 unspecified atom stereocenters. The lowest BCUT2D eigenvalue weighted by Gasteiger charge is -2.25. The Hall–Kier alpha value is -0.380. The summed E-state index contributed by atoms with van der Waals surface area (Å²) in [4.78, 5) is 0. The molecule has 0 aliphatic carbocycles. The molecule has 0 heterocycles. The van der Waals surface area contributed by atoms with E-state index in [1.54, 1.807) is 0 Å². The normalized spacial score (nSPS) is 16.8. The van der Waals surface area contributed by atoms with Gasteiger partial charge in [-0.15, -0.1) is 0 Å². The zero-order chi connectivity index (χ0) is 12.2. The monoisotopic (exact) mass is 285 g/mol. The number of halogens is 1. The minimum absolute atomic E-state index is 0.230. The molecule has 2 N–H and O–H groups in total. The zero-order valence-corrected chi connectivity index (χ0v) is 11.7. The van der Waals surface area contributed by atoms with Crippen LogP contribution in [0.3, 0.4) is 0 Å². The fraction of sp³-hybridized carbons (Fsp3) is 0.538. The molecule has 0 saturated heterocycles. The largest absolute Gasteiger partial charge is 0.389 e. The molecule has 0 radical (unpaired) electrons. The van der Waals surface area contributed by atoms with Crippen molar-refractivity contribution in [1.29, 1.82) is 0 Å². The molecule has 1 aromatic rings. The maximum atomic E-state index is 9.91. The molecule has 3 heteroatoms. The highest BCUT2D eigenvalue weighted by Gasteiger charge is 2.18. The molecule has 0 amide bonds. The molecule has 2 nitrogen and oxygen atoms in total. The highest BCUT2D eigenvalue weighted by Crippen LogP contribution is 2.23. The van der Waals surface area contributed by atoms with Gasteiger partial charge in [-0.05, 0) is 31.9 Å². The van der Waals surface area contributed by atoms with Crippen molar-refractivity contribution in [3.05, 3.63) is 34.3 Å². The first-order chi connectivity index (χ1) is 7.46. The third-order valence-electron chi connectivity index (χ3n) is 2.92. The fourth-order valence-electron chi connectivity index (χ4n) is 1.43. The van der Waals surface area contributed by atoms with E-state index in [0.717, 1.165) is 10.9 Å². The second-order valence-corrected chi connectivity index (χ2v) is 5.33. The second-order valence-electron chi connectivity index (χ2n) is 4.47. The highest BCUT2D eigenvalue weighted by atomic mass is 79.9. The van der Waals surface area contributed by atoms with Crippen molar-refractivity contribution in [3.8, 4) is 0 Å². The number of hydrogen-bond donors (Lipinski definition) is 2. The summed E-state index contributed by atoms with van der Waals surface area (Å²) in [6.45, 7) is 6.55. The van der Waals surface area contributed by atoms with Crippen LogP contribution in [0.5, 0.6) is 0 Å². The molecule has 2 atom stereocenters. The quantitative estimate of drug-likeness (QED) is 0.870. The van der Waals surface area contributed by atoms with E-state index in [0.29, 0.717) is 6.54 Å². The van der Waals surface area contributed by atoms with Crippen LogP contribution in [0.25, 0.3) is 0 Å². The Bertz CT molecular complexity index is 338. The van der Waals surface area contributed by atoms with Gasteiger partial charge in [0, 0.05) is 17.1 Å². The summed E-state index contributed by atoms with van der Waals surface area (Å²) < 4.78 is 1.10. The molecule has 1 rings (SSSR count). The lowest BCUT2D eigenvalue weighted by atomic mass is 10.0. The van der Waals surface area contributed by atoms with Crippen LogP contribution < -0.4 is 5.32 Å². The summed E-state index contributed by atoms with van der Waals surface area (Å²) in [5.74, 6) is 0. The van der Waals surface area contributed by atoms with Gasteiger partial charge in [0.1, 0.15) is 0 Å². The molecule has 0 aliphatic heterocycles. The Morgan fingerprint density at radius 1 is 1.44 bits per heavy atom. The number of aliphatic hydroxyl groups is 1. The van der Waals surface area contributed by atoms with Gasteiger partial charge in [0.2, 0.25) is 0 Å². The number of nitrogens with one attached hydrogen (secondary N) is 1. The molecule has 0 bridgehead atoms. The van der Waals surface area contributed by atoms with Gasteiger partial charge in [0.25, 0.3) is 0 Å². The Kier molecular flexibility index (Phi) is 4.96. The van der Waals surface area contributed by atoms with Gasteiger partial charge in [-0.3, -0.25) is 0 Å². The van der Waals surface area contributed by atoms with Crippen molar-refractivity contribution in [1.82, 2.24) is 5.32 Å². The van der Waals surface area contributed by atoms with Gasteiger partial charge >= 0.3 is 0 Å². The number of hydrogen-bond acceptors (Lipinski definition) is 2. The van der Waals surface area contributed by atoms with Gasteiger partial charge in [-0.1, -0.05) is 41.1 Å². The third kappa shape index (κ3) is 3.89. The summed E-state index contributed by atoms with van der Waals surface area (Å²) in [6.07, 6.45) is 0.753. The highest BCUT2D eigenvalue weighted by molar-refractivity contribution is 9.10. The first-order valence-electron chi connectivity index (χ1n) is 5.66. The van der Waals surface area contributed by atoms with E-state index in [4.69, 9.17) is 0 Å². The topological polar surface area (TPSA) is 32.3 Å². The lowest BCUT2D eigenvalue weighted by molar-refractivity contribution is 0.0533. The zero-order valence-electron chi connectivity index (χ0n) is 10.1. The second kappa shape index (κ2) is 5.80. The SMILES string of the molecule is CCC(C)(O)CN[C@H](C)c1ccccc1Br. The van der Waals surface area contributed by atoms with Crippen molar-refractivity contribution < 1.29 is 5.11 Å². The molecular formula is C13H20BrNO. The first-order valence-corrected chi connectivity index (χ1v) is 6.46. The lowest BCUT2D eigenvalue weighted by Crippen LogP contribution is -2.38. The van der Waals surface area contributed by atoms with E-state index in [2.05, 4.69) is 34.2 Å². The molecule has 16 heavy (non-hydrogen) atoms. The molecule has 0 aromatic heterocycles. The van der Waals surface area contributed by atoms with Crippen molar-refractivity contribution in [2.24, 2.45) is 0 Å². The Morgan fingerprint density at radius 3 is 2.62 bits per heavy atom. The van der Waals surface area contributed by atoms with Crippen LogP contribution in [0.1, 0.15) is 38.8 Å². The van der Waals surface area contributed by atoms with E-state index >= 15 is 0 Å². The van der Waals surface area contributed by atoms with Crippen LogP contribution in [-0.4, -0.2) is 17.3 Å². The van der Waals surface area contributed by atoms with Gasteiger partial charge in [0.05, 0.1) is 5.60 Å².